The van der Waals surface area contributed by atoms with E-state index < -0.39 is 0 Å². The summed E-state index contributed by atoms with van der Waals surface area (Å²) in [5.74, 6) is -0.172. The van der Waals surface area contributed by atoms with Crippen LogP contribution in [0.15, 0.2) is 30.3 Å². The summed E-state index contributed by atoms with van der Waals surface area (Å²) in [4.78, 5) is 13.8. The zero-order valence-electron chi connectivity index (χ0n) is 11.4. The molecule has 2 rings (SSSR count). The third-order valence-electron chi connectivity index (χ3n) is 3.17. The fourth-order valence-corrected chi connectivity index (χ4v) is 2.29. The van der Waals surface area contributed by atoms with E-state index in [1.54, 1.807) is 0 Å². The number of benzene rings is 1. The molecule has 0 saturated carbocycles. The summed E-state index contributed by atoms with van der Waals surface area (Å²) >= 11 is 0. The van der Waals surface area contributed by atoms with Crippen LogP contribution in [0.25, 0.3) is 0 Å². The first-order valence-corrected chi connectivity index (χ1v) is 6.81. The second-order valence-electron chi connectivity index (χ2n) is 4.72. The SMILES string of the molecule is CCOC(=O)C[C@@H]1CN(Cc2ccccc2)CCO1. The summed E-state index contributed by atoms with van der Waals surface area (Å²) in [7, 11) is 0. The molecular weight excluding hydrogens is 242 g/mol. The smallest absolute Gasteiger partial charge is 0.308 e. The van der Waals surface area contributed by atoms with Crippen LogP contribution in [0.5, 0.6) is 0 Å². The molecule has 1 aliphatic heterocycles. The fourth-order valence-electron chi connectivity index (χ4n) is 2.29. The minimum atomic E-state index is -0.172. The van der Waals surface area contributed by atoms with Crippen molar-refractivity contribution in [2.24, 2.45) is 0 Å². The van der Waals surface area contributed by atoms with Crippen LogP contribution in [0.4, 0.5) is 0 Å². The van der Waals surface area contributed by atoms with Crippen molar-refractivity contribution in [3.05, 3.63) is 35.9 Å². The van der Waals surface area contributed by atoms with Gasteiger partial charge in [-0.25, -0.2) is 0 Å². The number of esters is 1. The van der Waals surface area contributed by atoms with Gasteiger partial charge in [0.15, 0.2) is 0 Å². The molecule has 1 fully saturated rings. The van der Waals surface area contributed by atoms with Gasteiger partial charge >= 0.3 is 5.97 Å². The van der Waals surface area contributed by atoms with Gasteiger partial charge in [0.25, 0.3) is 0 Å². The molecule has 1 heterocycles. The molecule has 104 valence electrons. The van der Waals surface area contributed by atoms with Gasteiger partial charge in [-0.15, -0.1) is 0 Å². The molecule has 0 radical (unpaired) electrons. The molecule has 1 aromatic rings. The molecule has 0 aromatic heterocycles. The van der Waals surface area contributed by atoms with Crippen molar-refractivity contribution in [3.8, 4) is 0 Å². The Kier molecular flexibility index (Phi) is 5.36. The first kappa shape index (κ1) is 14.0. The fraction of sp³-hybridized carbons (Fsp3) is 0.533. The van der Waals surface area contributed by atoms with Crippen molar-refractivity contribution in [2.45, 2.75) is 26.0 Å². The lowest BCUT2D eigenvalue weighted by Crippen LogP contribution is -2.42. The Balaban J connectivity index is 1.82. The van der Waals surface area contributed by atoms with Gasteiger partial charge in [0.2, 0.25) is 0 Å². The van der Waals surface area contributed by atoms with Crippen LogP contribution in [-0.4, -0.2) is 43.3 Å². The highest BCUT2D eigenvalue weighted by Gasteiger charge is 2.23. The zero-order valence-corrected chi connectivity index (χ0v) is 11.4. The average Bonchev–Trinajstić information content (AvgIpc) is 2.40. The van der Waals surface area contributed by atoms with Crippen LogP contribution in [0, 0.1) is 0 Å². The Labute approximate surface area is 114 Å². The minimum absolute atomic E-state index is 0.0449. The van der Waals surface area contributed by atoms with Crippen LogP contribution in [0.2, 0.25) is 0 Å². The van der Waals surface area contributed by atoms with Crippen LogP contribution < -0.4 is 0 Å². The van der Waals surface area contributed by atoms with Crippen molar-refractivity contribution in [1.82, 2.24) is 4.90 Å². The van der Waals surface area contributed by atoms with E-state index in [1.165, 1.54) is 5.56 Å². The summed E-state index contributed by atoms with van der Waals surface area (Å²) in [6, 6.07) is 10.4. The van der Waals surface area contributed by atoms with Gasteiger partial charge < -0.3 is 9.47 Å². The number of ether oxygens (including phenoxy) is 2. The van der Waals surface area contributed by atoms with Gasteiger partial charge in [-0.3, -0.25) is 9.69 Å². The van der Waals surface area contributed by atoms with Gasteiger partial charge in [0, 0.05) is 19.6 Å². The van der Waals surface area contributed by atoms with Crippen molar-refractivity contribution in [3.63, 3.8) is 0 Å². The lowest BCUT2D eigenvalue weighted by molar-refractivity contribution is -0.148. The van der Waals surface area contributed by atoms with Crippen molar-refractivity contribution in [2.75, 3.05) is 26.3 Å². The molecule has 1 atom stereocenters. The Morgan fingerprint density at radius 1 is 1.42 bits per heavy atom. The maximum atomic E-state index is 11.5. The molecule has 4 heteroatoms. The largest absolute Gasteiger partial charge is 0.466 e. The summed E-state index contributed by atoms with van der Waals surface area (Å²) < 4.78 is 10.6. The predicted octanol–water partition coefficient (Wildman–Crippen LogP) is 1.84. The summed E-state index contributed by atoms with van der Waals surface area (Å²) in [5, 5.41) is 0. The average molecular weight is 263 g/mol. The summed E-state index contributed by atoms with van der Waals surface area (Å²) in [6.07, 6.45) is 0.301. The third kappa shape index (κ3) is 4.65. The Morgan fingerprint density at radius 3 is 2.95 bits per heavy atom. The van der Waals surface area contributed by atoms with E-state index >= 15 is 0 Å². The van der Waals surface area contributed by atoms with Crippen molar-refractivity contribution >= 4 is 5.97 Å². The van der Waals surface area contributed by atoms with Gasteiger partial charge in [-0.2, -0.15) is 0 Å². The second-order valence-corrected chi connectivity index (χ2v) is 4.72. The first-order valence-electron chi connectivity index (χ1n) is 6.81. The topological polar surface area (TPSA) is 38.8 Å². The number of hydrogen-bond donors (Lipinski definition) is 0. The summed E-state index contributed by atoms with van der Waals surface area (Å²) in [6.45, 7) is 5.53. The molecule has 0 bridgehead atoms. The summed E-state index contributed by atoms with van der Waals surface area (Å²) in [5.41, 5.74) is 1.29. The molecule has 1 aromatic carbocycles. The van der Waals surface area contributed by atoms with Gasteiger partial charge in [0.1, 0.15) is 0 Å². The van der Waals surface area contributed by atoms with Crippen molar-refractivity contribution in [1.29, 1.82) is 0 Å². The highest BCUT2D eigenvalue weighted by atomic mass is 16.5. The maximum absolute atomic E-state index is 11.5. The number of nitrogens with zero attached hydrogens (tertiary/aromatic N) is 1. The lowest BCUT2D eigenvalue weighted by atomic mass is 10.1. The molecule has 19 heavy (non-hydrogen) atoms. The quantitative estimate of drug-likeness (QED) is 0.760. The van der Waals surface area contributed by atoms with E-state index in [1.807, 2.05) is 25.1 Å². The molecule has 0 aliphatic carbocycles. The molecule has 0 spiro atoms. The minimum Gasteiger partial charge on any atom is -0.466 e. The van der Waals surface area contributed by atoms with Gasteiger partial charge in [0.05, 0.1) is 25.7 Å². The van der Waals surface area contributed by atoms with E-state index in [2.05, 4.69) is 17.0 Å². The molecule has 0 amide bonds. The molecule has 0 unspecified atom stereocenters. The van der Waals surface area contributed by atoms with Crippen LogP contribution in [0.1, 0.15) is 18.9 Å². The molecule has 4 nitrogen and oxygen atoms in total. The van der Waals surface area contributed by atoms with Crippen molar-refractivity contribution < 1.29 is 14.3 Å². The number of morpholine rings is 1. The highest BCUT2D eigenvalue weighted by Crippen LogP contribution is 2.13. The van der Waals surface area contributed by atoms with E-state index in [4.69, 9.17) is 9.47 Å². The van der Waals surface area contributed by atoms with Crippen LogP contribution in [0.3, 0.4) is 0 Å². The monoisotopic (exact) mass is 263 g/mol. The first-order chi connectivity index (χ1) is 9.28. The van der Waals surface area contributed by atoms with E-state index in [9.17, 15) is 4.79 Å². The van der Waals surface area contributed by atoms with Crippen LogP contribution >= 0.6 is 0 Å². The Morgan fingerprint density at radius 2 is 2.21 bits per heavy atom. The van der Waals surface area contributed by atoms with E-state index in [0.29, 0.717) is 19.6 Å². The number of carbonyl (C=O) groups is 1. The molecular formula is C15H21NO3. The number of hydrogen-bond acceptors (Lipinski definition) is 4. The molecule has 0 N–H and O–H groups in total. The lowest BCUT2D eigenvalue weighted by Gasteiger charge is -2.32. The van der Waals surface area contributed by atoms with Gasteiger partial charge in [-0.05, 0) is 12.5 Å². The third-order valence-corrected chi connectivity index (χ3v) is 3.17. The van der Waals surface area contributed by atoms with Crippen LogP contribution in [-0.2, 0) is 20.8 Å². The number of rotatable bonds is 5. The maximum Gasteiger partial charge on any atom is 0.308 e. The zero-order chi connectivity index (χ0) is 13.5. The number of carbonyl (C=O) groups excluding carboxylic acids is 1. The normalized spacial score (nSPS) is 20.2. The second kappa shape index (κ2) is 7.26. The van der Waals surface area contributed by atoms with E-state index in [-0.39, 0.29) is 12.1 Å². The standard InChI is InChI=1S/C15H21NO3/c1-2-18-15(17)10-14-12-16(8-9-19-14)11-13-6-4-3-5-7-13/h3-7,14H,2,8-12H2,1H3/t14-/m1/s1. The molecule has 1 aliphatic rings. The van der Waals surface area contributed by atoms with E-state index in [0.717, 1.165) is 19.6 Å². The highest BCUT2D eigenvalue weighted by molar-refractivity contribution is 5.69. The predicted molar refractivity (Wildman–Crippen MR) is 72.7 cm³/mol. The molecule has 1 saturated heterocycles. The Bertz CT molecular complexity index is 394. The Hall–Kier alpha value is -1.39. The van der Waals surface area contributed by atoms with Gasteiger partial charge in [-0.1, -0.05) is 30.3 Å².